The van der Waals surface area contributed by atoms with Crippen LogP contribution in [0, 0.1) is 0 Å². The van der Waals surface area contributed by atoms with Crippen LogP contribution < -0.4 is 10.5 Å². The van der Waals surface area contributed by atoms with Crippen molar-refractivity contribution in [3.05, 3.63) is 49.0 Å². The fourth-order valence-electron chi connectivity index (χ4n) is 1.57. The molecule has 0 amide bonds. The summed E-state index contributed by atoms with van der Waals surface area (Å²) in [6.45, 7) is 0. The zero-order valence-electron chi connectivity index (χ0n) is 9.85. The van der Waals surface area contributed by atoms with Crippen molar-refractivity contribution in [3.8, 4) is 23.1 Å². The Balaban J connectivity index is 1.95. The van der Waals surface area contributed by atoms with Crippen LogP contribution in [0.2, 0.25) is 0 Å². The molecule has 6 heteroatoms. The Morgan fingerprint density at radius 2 is 1.95 bits per heavy atom. The highest BCUT2D eigenvalue weighted by Crippen LogP contribution is 2.30. The number of ether oxygens (including phenoxy) is 1. The Labute approximate surface area is 108 Å². The van der Waals surface area contributed by atoms with Crippen molar-refractivity contribution in [2.45, 2.75) is 0 Å². The van der Waals surface area contributed by atoms with Gasteiger partial charge in [-0.25, -0.2) is 4.98 Å². The molecule has 3 rings (SSSR count). The molecular weight excluding hydrogens is 244 g/mol. The van der Waals surface area contributed by atoms with E-state index >= 15 is 0 Å². The molecule has 0 saturated heterocycles. The van der Waals surface area contributed by atoms with E-state index in [9.17, 15) is 0 Å². The quantitative estimate of drug-likeness (QED) is 0.722. The van der Waals surface area contributed by atoms with E-state index < -0.39 is 0 Å². The third-order valence-electron chi connectivity index (χ3n) is 2.44. The lowest BCUT2D eigenvalue weighted by Crippen LogP contribution is -1.92. The average Bonchev–Trinajstić information content (AvgIpc) is 2.96. The van der Waals surface area contributed by atoms with E-state index in [1.54, 1.807) is 42.6 Å². The van der Waals surface area contributed by atoms with Crippen molar-refractivity contribution in [1.29, 1.82) is 0 Å². The van der Waals surface area contributed by atoms with Crippen LogP contribution in [0.4, 0.5) is 5.69 Å². The SMILES string of the molecule is Nc1ccc(Oc2cccnc2-c2nnco2)cc1. The van der Waals surface area contributed by atoms with E-state index in [4.69, 9.17) is 14.9 Å². The minimum absolute atomic E-state index is 0.311. The summed E-state index contributed by atoms with van der Waals surface area (Å²) >= 11 is 0. The lowest BCUT2D eigenvalue weighted by Gasteiger charge is -2.07. The molecule has 2 aromatic heterocycles. The number of benzene rings is 1. The van der Waals surface area contributed by atoms with Crippen LogP contribution >= 0.6 is 0 Å². The van der Waals surface area contributed by atoms with E-state index in [-0.39, 0.29) is 0 Å². The number of aromatic nitrogens is 3. The summed E-state index contributed by atoms with van der Waals surface area (Å²) in [5, 5.41) is 7.45. The van der Waals surface area contributed by atoms with Crippen molar-refractivity contribution in [2.75, 3.05) is 5.73 Å². The summed E-state index contributed by atoms with van der Waals surface area (Å²) in [6.07, 6.45) is 2.88. The Hall–Kier alpha value is -2.89. The Kier molecular flexibility index (Phi) is 2.82. The van der Waals surface area contributed by atoms with Crippen LogP contribution in [0.15, 0.2) is 53.4 Å². The fraction of sp³-hybridized carbons (Fsp3) is 0. The van der Waals surface area contributed by atoms with Gasteiger partial charge < -0.3 is 14.9 Å². The van der Waals surface area contributed by atoms with Crippen LogP contribution in [0.3, 0.4) is 0 Å². The van der Waals surface area contributed by atoms with Gasteiger partial charge in [-0.2, -0.15) is 0 Å². The second kappa shape index (κ2) is 4.77. The maximum Gasteiger partial charge on any atom is 0.269 e. The molecule has 0 bridgehead atoms. The van der Waals surface area contributed by atoms with Gasteiger partial charge in [0.25, 0.3) is 5.89 Å². The zero-order valence-corrected chi connectivity index (χ0v) is 9.85. The fourth-order valence-corrected chi connectivity index (χ4v) is 1.57. The molecule has 0 radical (unpaired) electrons. The van der Waals surface area contributed by atoms with Crippen LogP contribution in [0.25, 0.3) is 11.6 Å². The number of nitrogens with zero attached hydrogens (tertiary/aromatic N) is 3. The van der Waals surface area contributed by atoms with E-state index in [1.807, 2.05) is 0 Å². The molecule has 0 atom stereocenters. The number of hydrogen-bond acceptors (Lipinski definition) is 6. The molecule has 2 heterocycles. The standard InChI is InChI=1S/C13H10N4O2/c14-9-3-5-10(6-4-9)19-11-2-1-7-15-12(11)13-17-16-8-18-13/h1-8H,14H2. The van der Waals surface area contributed by atoms with Gasteiger partial charge in [-0.05, 0) is 36.4 Å². The van der Waals surface area contributed by atoms with Gasteiger partial charge >= 0.3 is 0 Å². The number of hydrogen-bond donors (Lipinski definition) is 1. The first-order valence-electron chi connectivity index (χ1n) is 5.58. The molecule has 0 aliphatic heterocycles. The molecule has 1 aromatic carbocycles. The Morgan fingerprint density at radius 3 is 2.68 bits per heavy atom. The molecule has 0 aliphatic carbocycles. The molecule has 0 spiro atoms. The van der Waals surface area contributed by atoms with Crippen LogP contribution in [0.5, 0.6) is 11.5 Å². The number of nitrogens with two attached hydrogens (primary N) is 1. The summed E-state index contributed by atoms with van der Waals surface area (Å²) in [5.74, 6) is 1.51. The van der Waals surface area contributed by atoms with Gasteiger partial charge in [-0.3, -0.25) is 0 Å². The van der Waals surface area contributed by atoms with Gasteiger partial charge in [-0.15, -0.1) is 10.2 Å². The highest BCUT2D eigenvalue weighted by molar-refractivity contribution is 5.57. The van der Waals surface area contributed by atoms with Crippen molar-refractivity contribution in [2.24, 2.45) is 0 Å². The summed E-state index contributed by atoms with van der Waals surface area (Å²) in [7, 11) is 0. The molecule has 94 valence electrons. The molecular formula is C13H10N4O2. The zero-order chi connectivity index (χ0) is 13.1. The molecule has 19 heavy (non-hydrogen) atoms. The maximum absolute atomic E-state index is 5.74. The predicted molar refractivity (Wildman–Crippen MR) is 68.5 cm³/mol. The van der Waals surface area contributed by atoms with E-state index in [2.05, 4.69) is 15.2 Å². The van der Waals surface area contributed by atoms with Crippen LogP contribution in [0.1, 0.15) is 0 Å². The lowest BCUT2D eigenvalue weighted by atomic mass is 10.3. The van der Waals surface area contributed by atoms with Gasteiger partial charge in [-0.1, -0.05) is 0 Å². The highest BCUT2D eigenvalue weighted by Gasteiger charge is 2.12. The Morgan fingerprint density at radius 1 is 1.11 bits per heavy atom. The largest absolute Gasteiger partial charge is 0.455 e. The Bertz CT molecular complexity index is 665. The molecule has 2 N–H and O–H groups in total. The van der Waals surface area contributed by atoms with Crippen LogP contribution in [-0.4, -0.2) is 15.2 Å². The summed E-state index contributed by atoms with van der Waals surface area (Å²) in [6, 6.07) is 10.6. The number of anilines is 1. The number of rotatable bonds is 3. The van der Waals surface area contributed by atoms with Crippen LogP contribution in [-0.2, 0) is 0 Å². The van der Waals surface area contributed by atoms with Crippen molar-refractivity contribution >= 4 is 5.69 Å². The van der Waals surface area contributed by atoms with E-state index in [1.165, 1.54) is 6.39 Å². The van der Waals surface area contributed by atoms with Gasteiger partial charge in [0.2, 0.25) is 6.39 Å². The summed E-state index contributed by atoms with van der Waals surface area (Å²) < 4.78 is 10.9. The third kappa shape index (κ3) is 2.37. The number of nitrogen functional groups attached to an aromatic ring is 1. The molecule has 3 aromatic rings. The summed E-state index contributed by atoms with van der Waals surface area (Å²) in [5.41, 5.74) is 6.80. The molecule has 0 saturated carbocycles. The monoisotopic (exact) mass is 254 g/mol. The first-order valence-corrected chi connectivity index (χ1v) is 5.58. The third-order valence-corrected chi connectivity index (χ3v) is 2.44. The maximum atomic E-state index is 5.74. The second-order valence-electron chi connectivity index (χ2n) is 3.77. The molecule has 0 fully saturated rings. The molecule has 0 aliphatic rings. The van der Waals surface area contributed by atoms with Crippen molar-refractivity contribution in [1.82, 2.24) is 15.2 Å². The van der Waals surface area contributed by atoms with E-state index in [0.717, 1.165) is 0 Å². The predicted octanol–water partition coefficient (Wildman–Crippen LogP) is 2.51. The minimum atomic E-state index is 0.311. The summed E-state index contributed by atoms with van der Waals surface area (Å²) in [4.78, 5) is 4.19. The number of pyridine rings is 1. The van der Waals surface area contributed by atoms with Gasteiger partial charge in [0.1, 0.15) is 5.75 Å². The first kappa shape index (κ1) is 11.2. The topological polar surface area (TPSA) is 87.1 Å². The van der Waals surface area contributed by atoms with E-state index in [0.29, 0.717) is 28.8 Å². The average molecular weight is 254 g/mol. The smallest absolute Gasteiger partial charge is 0.269 e. The molecule has 0 unspecified atom stereocenters. The highest BCUT2D eigenvalue weighted by atomic mass is 16.5. The molecule has 6 nitrogen and oxygen atoms in total. The minimum Gasteiger partial charge on any atom is -0.455 e. The van der Waals surface area contributed by atoms with Gasteiger partial charge in [0, 0.05) is 11.9 Å². The first-order chi connectivity index (χ1) is 9.33. The van der Waals surface area contributed by atoms with Crippen molar-refractivity contribution < 1.29 is 9.15 Å². The normalized spacial score (nSPS) is 10.3. The van der Waals surface area contributed by atoms with Gasteiger partial charge in [0.05, 0.1) is 0 Å². The second-order valence-corrected chi connectivity index (χ2v) is 3.77. The lowest BCUT2D eigenvalue weighted by molar-refractivity contribution is 0.477. The van der Waals surface area contributed by atoms with Crippen molar-refractivity contribution in [3.63, 3.8) is 0 Å². The van der Waals surface area contributed by atoms with Gasteiger partial charge in [0.15, 0.2) is 11.4 Å².